The number of piperidine rings is 1. The summed E-state index contributed by atoms with van der Waals surface area (Å²) in [6.45, 7) is 4.29. The van der Waals surface area contributed by atoms with Gasteiger partial charge in [-0.1, -0.05) is 18.2 Å². The van der Waals surface area contributed by atoms with Crippen molar-refractivity contribution < 1.29 is 18.3 Å². The van der Waals surface area contributed by atoms with Crippen LogP contribution in [0.5, 0.6) is 0 Å². The van der Waals surface area contributed by atoms with Crippen molar-refractivity contribution in [2.75, 3.05) is 13.1 Å². The number of nitrogens with zero attached hydrogens (tertiary/aromatic N) is 1. The summed E-state index contributed by atoms with van der Waals surface area (Å²) in [4.78, 5) is 11.1. The monoisotopic (exact) mass is 311 g/mol. The Balaban J connectivity index is 2.20. The predicted octanol–water partition coefficient (Wildman–Crippen LogP) is 1.93. The molecule has 0 amide bonds. The zero-order valence-electron chi connectivity index (χ0n) is 12.4. The first-order valence-corrected chi connectivity index (χ1v) is 8.68. The molecule has 1 N–H and O–H groups in total. The fourth-order valence-electron chi connectivity index (χ4n) is 2.75. The van der Waals surface area contributed by atoms with Gasteiger partial charge in [-0.25, -0.2) is 12.7 Å². The Labute approximate surface area is 125 Å². The van der Waals surface area contributed by atoms with Gasteiger partial charge in [-0.2, -0.15) is 0 Å². The molecule has 5 nitrogen and oxygen atoms in total. The molecule has 0 radical (unpaired) electrons. The highest BCUT2D eigenvalue weighted by atomic mass is 32.2. The fourth-order valence-corrected chi connectivity index (χ4v) is 4.56. The highest BCUT2D eigenvalue weighted by Gasteiger charge is 2.32. The van der Waals surface area contributed by atoms with Crippen LogP contribution in [0.3, 0.4) is 0 Å². The van der Waals surface area contributed by atoms with E-state index in [1.807, 2.05) is 32.0 Å². The summed E-state index contributed by atoms with van der Waals surface area (Å²) < 4.78 is 26.5. The van der Waals surface area contributed by atoms with Crippen LogP contribution in [-0.2, 0) is 20.6 Å². The van der Waals surface area contributed by atoms with E-state index >= 15 is 0 Å². The number of rotatable bonds is 4. The van der Waals surface area contributed by atoms with E-state index in [9.17, 15) is 13.2 Å². The Morgan fingerprint density at radius 2 is 1.95 bits per heavy atom. The zero-order valence-corrected chi connectivity index (χ0v) is 13.2. The smallest absolute Gasteiger partial charge is 0.307 e. The highest BCUT2D eigenvalue weighted by molar-refractivity contribution is 7.88. The summed E-state index contributed by atoms with van der Waals surface area (Å²) in [7, 11) is -3.48. The Morgan fingerprint density at radius 3 is 2.52 bits per heavy atom. The van der Waals surface area contributed by atoms with Crippen molar-refractivity contribution in [3.05, 3.63) is 34.9 Å². The van der Waals surface area contributed by atoms with E-state index in [1.165, 1.54) is 4.31 Å². The lowest BCUT2D eigenvalue weighted by Gasteiger charge is -2.30. The molecule has 21 heavy (non-hydrogen) atoms. The largest absolute Gasteiger partial charge is 0.481 e. The number of aryl methyl sites for hydroxylation is 2. The molecule has 1 atom stereocenters. The van der Waals surface area contributed by atoms with E-state index in [0.29, 0.717) is 19.4 Å². The van der Waals surface area contributed by atoms with Crippen LogP contribution in [0, 0.1) is 19.8 Å². The van der Waals surface area contributed by atoms with Crippen molar-refractivity contribution in [3.8, 4) is 0 Å². The number of benzene rings is 1. The topological polar surface area (TPSA) is 74.7 Å². The van der Waals surface area contributed by atoms with Crippen LogP contribution in [0.15, 0.2) is 18.2 Å². The maximum Gasteiger partial charge on any atom is 0.307 e. The average Bonchev–Trinajstić information content (AvgIpc) is 2.43. The Kier molecular flexibility index (Phi) is 4.68. The first-order chi connectivity index (χ1) is 9.81. The van der Waals surface area contributed by atoms with Gasteiger partial charge in [0.15, 0.2) is 0 Å². The summed E-state index contributed by atoms with van der Waals surface area (Å²) in [6, 6.07) is 5.70. The molecular formula is C15H21NO4S. The van der Waals surface area contributed by atoms with E-state index in [-0.39, 0.29) is 12.3 Å². The van der Waals surface area contributed by atoms with E-state index in [0.717, 1.165) is 16.7 Å². The van der Waals surface area contributed by atoms with Gasteiger partial charge in [-0.15, -0.1) is 0 Å². The minimum atomic E-state index is -3.48. The van der Waals surface area contributed by atoms with E-state index < -0.39 is 21.9 Å². The number of aliphatic carboxylic acids is 1. The van der Waals surface area contributed by atoms with Crippen LogP contribution >= 0.6 is 0 Å². The molecule has 2 rings (SSSR count). The van der Waals surface area contributed by atoms with Crippen LogP contribution in [-0.4, -0.2) is 36.9 Å². The second-order valence-electron chi connectivity index (χ2n) is 5.66. The third-order valence-electron chi connectivity index (χ3n) is 4.10. The van der Waals surface area contributed by atoms with E-state index in [1.54, 1.807) is 0 Å². The molecule has 1 saturated heterocycles. The van der Waals surface area contributed by atoms with E-state index in [4.69, 9.17) is 5.11 Å². The second kappa shape index (κ2) is 6.15. The minimum absolute atomic E-state index is 0.0577. The first-order valence-electron chi connectivity index (χ1n) is 7.07. The summed E-state index contributed by atoms with van der Waals surface area (Å²) in [5.74, 6) is -1.56. The van der Waals surface area contributed by atoms with Crippen LogP contribution in [0.2, 0.25) is 0 Å². The molecular weight excluding hydrogens is 290 g/mol. The lowest BCUT2D eigenvalue weighted by molar-refractivity contribution is -0.142. The maximum absolute atomic E-state index is 12.6. The molecule has 1 aromatic rings. The molecule has 1 aliphatic rings. The molecule has 1 aliphatic heterocycles. The van der Waals surface area contributed by atoms with Gasteiger partial charge in [0.2, 0.25) is 10.0 Å². The maximum atomic E-state index is 12.6. The van der Waals surface area contributed by atoms with Gasteiger partial charge in [0.25, 0.3) is 0 Å². The summed E-state index contributed by atoms with van der Waals surface area (Å²) in [6.07, 6.45) is 1.15. The Hall–Kier alpha value is -1.40. The molecule has 0 spiro atoms. The van der Waals surface area contributed by atoms with Gasteiger partial charge < -0.3 is 5.11 Å². The molecule has 1 heterocycles. The van der Waals surface area contributed by atoms with Gasteiger partial charge in [-0.3, -0.25) is 4.79 Å². The molecule has 116 valence electrons. The molecule has 1 aromatic carbocycles. The van der Waals surface area contributed by atoms with Crippen molar-refractivity contribution in [2.24, 2.45) is 5.92 Å². The van der Waals surface area contributed by atoms with Gasteiger partial charge >= 0.3 is 5.97 Å². The zero-order chi connectivity index (χ0) is 15.6. The third-order valence-corrected chi connectivity index (χ3v) is 5.87. The van der Waals surface area contributed by atoms with Gasteiger partial charge in [0.1, 0.15) is 0 Å². The lowest BCUT2D eigenvalue weighted by atomic mass is 10.0. The van der Waals surface area contributed by atoms with Gasteiger partial charge in [0.05, 0.1) is 11.7 Å². The molecule has 0 bridgehead atoms. The average molecular weight is 311 g/mol. The summed E-state index contributed by atoms with van der Waals surface area (Å²) in [5, 5.41) is 9.08. The van der Waals surface area contributed by atoms with Crippen molar-refractivity contribution in [1.29, 1.82) is 0 Å². The van der Waals surface area contributed by atoms with Crippen molar-refractivity contribution in [1.82, 2.24) is 4.31 Å². The molecule has 1 unspecified atom stereocenters. The number of carboxylic acids is 1. The lowest BCUT2D eigenvalue weighted by Crippen LogP contribution is -2.42. The van der Waals surface area contributed by atoms with Gasteiger partial charge in [0, 0.05) is 13.1 Å². The fraction of sp³-hybridized carbons (Fsp3) is 0.533. The molecule has 0 aliphatic carbocycles. The Morgan fingerprint density at radius 1 is 1.33 bits per heavy atom. The highest BCUT2D eigenvalue weighted by Crippen LogP contribution is 2.23. The van der Waals surface area contributed by atoms with Crippen LogP contribution < -0.4 is 0 Å². The second-order valence-corrected chi connectivity index (χ2v) is 7.63. The van der Waals surface area contributed by atoms with Gasteiger partial charge in [-0.05, 0) is 43.4 Å². The quantitative estimate of drug-likeness (QED) is 0.922. The van der Waals surface area contributed by atoms with E-state index in [2.05, 4.69) is 0 Å². The summed E-state index contributed by atoms with van der Waals surface area (Å²) >= 11 is 0. The minimum Gasteiger partial charge on any atom is -0.481 e. The normalized spacial score (nSPS) is 20.4. The molecule has 0 aromatic heterocycles. The SMILES string of the molecule is Cc1cccc(C)c1CS(=O)(=O)N1CCCC(C(=O)O)C1. The Bertz CT molecular complexity index is 619. The first kappa shape index (κ1) is 16.0. The molecule has 1 fully saturated rings. The van der Waals surface area contributed by atoms with Crippen molar-refractivity contribution in [2.45, 2.75) is 32.4 Å². The molecule has 6 heteroatoms. The van der Waals surface area contributed by atoms with Crippen LogP contribution in [0.25, 0.3) is 0 Å². The van der Waals surface area contributed by atoms with Crippen molar-refractivity contribution in [3.63, 3.8) is 0 Å². The predicted molar refractivity (Wildman–Crippen MR) is 80.5 cm³/mol. The van der Waals surface area contributed by atoms with Crippen LogP contribution in [0.4, 0.5) is 0 Å². The number of hydrogen-bond donors (Lipinski definition) is 1. The number of hydrogen-bond acceptors (Lipinski definition) is 3. The summed E-state index contributed by atoms with van der Waals surface area (Å²) in [5.41, 5.74) is 2.71. The number of carboxylic acid groups (broad SMARTS) is 1. The molecule has 0 saturated carbocycles. The van der Waals surface area contributed by atoms with Crippen molar-refractivity contribution >= 4 is 16.0 Å². The number of carbonyl (C=O) groups is 1. The number of sulfonamides is 1. The third kappa shape index (κ3) is 3.63. The van der Waals surface area contributed by atoms with Crippen LogP contribution in [0.1, 0.15) is 29.5 Å². The standard InChI is InChI=1S/C15H21NO4S/c1-11-5-3-6-12(2)14(11)10-21(19,20)16-8-4-7-13(9-16)15(17)18/h3,5-6,13H,4,7-10H2,1-2H3,(H,17,18).